The largest absolute Gasteiger partial charge is 0.466 e. The van der Waals surface area contributed by atoms with E-state index in [1.54, 1.807) is 4.31 Å². The van der Waals surface area contributed by atoms with Gasteiger partial charge in [0.25, 0.3) is 0 Å². The van der Waals surface area contributed by atoms with Crippen LogP contribution in [-0.2, 0) is 0 Å². The van der Waals surface area contributed by atoms with Crippen LogP contribution >= 0.6 is 10.8 Å². The van der Waals surface area contributed by atoms with Crippen molar-refractivity contribution in [1.82, 2.24) is 0 Å². The number of para-hydroxylation sites is 3. The molecular weight excluding hydrogens is 324 g/mol. The Morgan fingerprint density at radius 1 is 1.12 bits per heavy atom. The molecule has 0 saturated heterocycles. The fourth-order valence-corrected chi connectivity index (χ4v) is 5.28. The summed E-state index contributed by atoms with van der Waals surface area (Å²) in [4.78, 5) is 0. The van der Waals surface area contributed by atoms with Crippen LogP contribution in [0.3, 0.4) is 0 Å². The van der Waals surface area contributed by atoms with Gasteiger partial charge in [-0.05, 0) is 43.7 Å². The Kier molecular flexibility index (Phi) is 5.01. The van der Waals surface area contributed by atoms with Gasteiger partial charge in [-0.3, -0.25) is 9.11 Å². The van der Waals surface area contributed by atoms with E-state index in [1.165, 1.54) is 0 Å². The number of hydrogen-bond donors (Lipinski definition) is 3. The summed E-state index contributed by atoms with van der Waals surface area (Å²) in [5.41, 5.74) is 6.42. The molecule has 0 aliphatic carbocycles. The highest BCUT2D eigenvalue weighted by Gasteiger charge is 2.44. The summed E-state index contributed by atoms with van der Waals surface area (Å²) in [6, 6.07) is 16.9. The van der Waals surface area contributed by atoms with Gasteiger partial charge in [0.05, 0.1) is 5.69 Å². The molecule has 2 aromatic rings. The van der Waals surface area contributed by atoms with Crippen LogP contribution in [0.15, 0.2) is 54.6 Å². The van der Waals surface area contributed by atoms with Crippen molar-refractivity contribution in [3.63, 3.8) is 0 Å². The minimum absolute atomic E-state index is 0.0282. The molecule has 2 aromatic carbocycles. The second-order valence-electron chi connectivity index (χ2n) is 5.89. The molecule has 1 heterocycles. The number of nitrogens with zero attached hydrogens (tertiary/aromatic N) is 1. The van der Waals surface area contributed by atoms with Crippen LogP contribution in [0.5, 0.6) is 5.75 Å². The zero-order valence-electron chi connectivity index (χ0n) is 13.7. The van der Waals surface area contributed by atoms with Gasteiger partial charge in [0.15, 0.2) is 0 Å². The standard InChI is InChI=1S/C18H24N2O3S/c1-2-14(12-13-19)18-23-17-11-7-6-10-16(17)20(24(18,21)22)15-8-4-3-5-9-15/h3-11,14,18,21-22H,2,12-13,19H2,1H3. The first-order valence-corrected chi connectivity index (χ1v) is 9.74. The Morgan fingerprint density at radius 2 is 1.79 bits per heavy atom. The molecule has 0 spiro atoms. The van der Waals surface area contributed by atoms with Gasteiger partial charge in [0, 0.05) is 5.92 Å². The lowest BCUT2D eigenvalue weighted by Gasteiger charge is -2.53. The van der Waals surface area contributed by atoms with Crippen LogP contribution in [-0.4, -0.2) is 21.1 Å². The van der Waals surface area contributed by atoms with Crippen molar-refractivity contribution in [3.05, 3.63) is 54.6 Å². The summed E-state index contributed by atoms with van der Waals surface area (Å²) in [6.45, 7) is 2.51. The van der Waals surface area contributed by atoms with Gasteiger partial charge in [-0.25, -0.2) is 4.31 Å². The first-order chi connectivity index (χ1) is 11.6. The molecule has 0 radical (unpaired) electrons. The maximum Gasteiger partial charge on any atom is 0.209 e. The number of fused-ring (bicyclic) bond motifs is 1. The van der Waals surface area contributed by atoms with Crippen molar-refractivity contribution in [2.45, 2.75) is 25.2 Å². The molecule has 1 aliphatic heterocycles. The number of nitrogens with two attached hydrogens (primary N) is 1. The average molecular weight is 348 g/mol. The highest BCUT2D eigenvalue weighted by atomic mass is 32.3. The number of hydrogen-bond acceptors (Lipinski definition) is 5. The topological polar surface area (TPSA) is 79.0 Å². The van der Waals surface area contributed by atoms with Crippen LogP contribution in [0, 0.1) is 5.92 Å². The Bertz CT molecular complexity index is 681. The van der Waals surface area contributed by atoms with E-state index in [9.17, 15) is 9.11 Å². The lowest BCUT2D eigenvalue weighted by Crippen LogP contribution is -2.43. The smallest absolute Gasteiger partial charge is 0.209 e. The third-order valence-corrected chi connectivity index (χ3v) is 6.39. The van der Waals surface area contributed by atoms with Crippen molar-refractivity contribution < 1.29 is 13.8 Å². The summed E-state index contributed by atoms with van der Waals surface area (Å²) >= 11 is 0. The van der Waals surface area contributed by atoms with Gasteiger partial charge in [-0.2, -0.15) is 0 Å². The highest BCUT2D eigenvalue weighted by molar-refractivity contribution is 8.26. The van der Waals surface area contributed by atoms with Crippen molar-refractivity contribution in [2.24, 2.45) is 11.7 Å². The Labute approximate surface area is 144 Å². The van der Waals surface area contributed by atoms with E-state index in [-0.39, 0.29) is 5.92 Å². The van der Waals surface area contributed by atoms with Crippen molar-refractivity contribution in [3.8, 4) is 5.75 Å². The predicted octanol–water partition coefficient (Wildman–Crippen LogP) is 4.58. The van der Waals surface area contributed by atoms with E-state index < -0.39 is 16.2 Å². The van der Waals surface area contributed by atoms with E-state index in [4.69, 9.17) is 10.5 Å². The van der Waals surface area contributed by atoms with Crippen LogP contribution in [0.1, 0.15) is 19.8 Å². The molecule has 0 aromatic heterocycles. The summed E-state index contributed by atoms with van der Waals surface area (Å²) in [5.74, 6) is 0.632. The van der Waals surface area contributed by atoms with Gasteiger partial charge in [0.2, 0.25) is 5.44 Å². The van der Waals surface area contributed by atoms with Crippen LogP contribution in [0.4, 0.5) is 11.4 Å². The molecule has 130 valence electrons. The minimum atomic E-state index is -3.21. The van der Waals surface area contributed by atoms with E-state index in [0.717, 1.165) is 12.1 Å². The third kappa shape index (κ3) is 2.98. The molecule has 4 N–H and O–H groups in total. The number of rotatable bonds is 5. The van der Waals surface area contributed by atoms with Crippen molar-refractivity contribution in [2.75, 3.05) is 10.8 Å². The molecule has 24 heavy (non-hydrogen) atoms. The molecule has 0 fully saturated rings. The van der Waals surface area contributed by atoms with Gasteiger partial charge in [-0.15, -0.1) is 0 Å². The molecule has 3 rings (SSSR count). The Morgan fingerprint density at radius 3 is 2.46 bits per heavy atom. The molecule has 0 amide bonds. The fourth-order valence-electron chi connectivity index (χ4n) is 3.12. The lowest BCUT2D eigenvalue weighted by molar-refractivity contribution is 0.176. The Hall–Kier alpha value is -1.73. The quantitative estimate of drug-likeness (QED) is 0.737. The fraction of sp³-hybridized carbons (Fsp3) is 0.333. The van der Waals surface area contributed by atoms with E-state index in [1.807, 2.05) is 61.5 Å². The number of benzene rings is 2. The molecule has 1 aliphatic rings. The molecule has 2 atom stereocenters. The number of anilines is 2. The molecule has 2 unspecified atom stereocenters. The van der Waals surface area contributed by atoms with Gasteiger partial charge >= 0.3 is 0 Å². The summed E-state index contributed by atoms with van der Waals surface area (Å²) in [7, 11) is -3.21. The second-order valence-corrected chi connectivity index (χ2v) is 7.84. The van der Waals surface area contributed by atoms with E-state index in [0.29, 0.717) is 24.4 Å². The van der Waals surface area contributed by atoms with Crippen LogP contribution < -0.4 is 14.8 Å². The highest BCUT2D eigenvalue weighted by Crippen LogP contribution is 2.62. The summed E-state index contributed by atoms with van der Waals surface area (Å²) in [6.07, 6.45) is 1.45. The maximum absolute atomic E-state index is 11.1. The van der Waals surface area contributed by atoms with Crippen molar-refractivity contribution in [1.29, 1.82) is 0 Å². The SMILES string of the molecule is CCC(CCN)C1Oc2ccccc2N(c2ccccc2)S1(O)O. The predicted molar refractivity (Wildman–Crippen MR) is 99.7 cm³/mol. The zero-order valence-corrected chi connectivity index (χ0v) is 14.5. The van der Waals surface area contributed by atoms with Gasteiger partial charge in [0.1, 0.15) is 11.4 Å². The molecule has 5 nitrogen and oxygen atoms in total. The number of ether oxygens (including phenoxy) is 1. The van der Waals surface area contributed by atoms with Crippen molar-refractivity contribution >= 4 is 22.2 Å². The van der Waals surface area contributed by atoms with Crippen LogP contribution in [0.25, 0.3) is 0 Å². The first-order valence-electron chi connectivity index (χ1n) is 8.17. The average Bonchev–Trinajstić information content (AvgIpc) is 2.59. The summed E-state index contributed by atoms with van der Waals surface area (Å²) in [5, 5.41) is 0. The molecule has 0 bridgehead atoms. The van der Waals surface area contributed by atoms with E-state index >= 15 is 0 Å². The zero-order chi connectivity index (χ0) is 17.2. The molecule has 0 saturated carbocycles. The van der Waals surface area contributed by atoms with Gasteiger partial charge < -0.3 is 10.5 Å². The lowest BCUT2D eigenvalue weighted by atomic mass is 10.0. The second kappa shape index (κ2) is 7.03. The van der Waals surface area contributed by atoms with E-state index in [2.05, 4.69) is 0 Å². The Balaban J connectivity index is 2.11. The van der Waals surface area contributed by atoms with Crippen LogP contribution in [0.2, 0.25) is 0 Å². The minimum Gasteiger partial charge on any atom is -0.466 e. The van der Waals surface area contributed by atoms with Gasteiger partial charge in [-0.1, -0.05) is 48.0 Å². The summed E-state index contributed by atoms with van der Waals surface area (Å²) < 4.78 is 29.9. The molecule has 6 heteroatoms. The molecular formula is C18H24N2O3S. The monoisotopic (exact) mass is 348 g/mol. The maximum atomic E-state index is 11.1. The normalized spacial score (nSPS) is 21.5. The third-order valence-electron chi connectivity index (χ3n) is 4.34. The first kappa shape index (κ1) is 17.1.